The zero-order valence-electron chi connectivity index (χ0n) is 13.6. The summed E-state index contributed by atoms with van der Waals surface area (Å²) >= 11 is 6.10. The molecule has 2 aromatic rings. The zero-order valence-corrected chi connectivity index (χ0v) is 14.3. The minimum Gasteiger partial charge on any atom is -0.369 e. The molecule has 1 aliphatic rings. The fourth-order valence-corrected chi connectivity index (χ4v) is 3.43. The van der Waals surface area contributed by atoms with Gasteiger partial charge in [-0.3, -0.25) is 4.90 Å². The van der Waals surface area contributed by atoms with Crippen molar-refractivity contribution in [3.8, 4) is 0 Å². The Morgan fingerprint density at radius 1 is 1.04 bits per heavy atom. The number of aryl methyl sites for hydroxylation is 1. The second-order valence-electron chi connectivity index (χ2n) is 6.17. The summed E-state index contributed by atoms with van der Waals surface area (Å²) < 4.78 is 0. The molecule has 0 radical (unpaired) electrons. The molecule has 23 heavy (non-hydrogen) atoms. The molecule has 0 unspecified atom stereocenters. The van der Waals surface area contributed by atoms with Crippen LogP contribution in [0.1, 0.15) is 17.2 Å². The summed E-state index contributed by atoms with van der Waals surface area (Å²) in [4.78, 5) is 4.89. The van der Waals surface area contributed by atoms with Crippen molar-refractivity contribution in [2.45, 2.75) is 13.0 Å². The van der Waals surface area contributed by atoms with Gasteiger partial charge in [-0.05, 0) is 30.7 Å². The molecule has 1 saturated heterocycles. The number of nitrogens with zero attached hydrogens (tertiary/aromatic N) is 2. The highest BCUT2D eigenvalue weighted by molar-refractivity contribution is 6.30. The second-order valence-corrected chi connectivity index (χ2v) is 6.60. The Balaban J connectivity index is 1.66. The first-order valence-electron chi connectivity index (χ1n) is 8.18. The van der Waals surface area contributed by atoms with E-state index in [1.54, 1.807) is 0 Å². The van der Waals surface area contributed by atoms with Crippen molar-refractivity contribution in [2.75, 3.05) is 37.6 Å². The molecule has 0 aromatic heterocycles. The van der Waals surface area contributed by atoms with E-state index < -0.39 is 0 Å². The van der Waals surface area contributed by atoms with Crippen molar-refractivity contribution in [2.24, 2.45) is 5.73 Å². The normalized spacial score (nSPS) is 17.3. The van der Waals surface area contributed by atoms with E-state index in [0.717, 1.165) is 31.2 Å². The lowest BCUT2D eigenvalue weighted by molar-refractivity contribution is 0.190. The smallest absolute Gasteiger partial charge is 0.0471 e. The Hall–Kier alpha value is -1.55. The monoisotopic (exact) mass is 329 g/mol. The van der Waals surface area contributed by atoms with Gasteiger partial charge in [0.05, 0.1) is 0 Å². The third-order valence-electron chi connectivity index (χ3n) is 4.61. The third-order valence-corrected chi connectivity index (χ3v) is 4.85. The second kappa shape index (κ2) is 7.35. The lowest BCUT2D eigenvalue weighted by Crippen LogP contribution is -2.49. The minimum atomic E-state index is 0.303. The molecule has 3 rings (SSSR count). The van der Waals surface area contributed by atoms with Crippen LogP contribution < -0.4 is 10.6 Å². The van der Waals surface area contributed by atoms with Crippen LogP contribution in [0.2, 0.25) is 5.02 Å². The highest BCUT2D eigenvalue weighted by atomic mass is 35.5. The molecule has 0 spiro atoms. The molecule has 2 N–H and O–H groups in total. The van der Waals surface area contributed by atoms with Crippen molar-refractivity contribution in [3.63, 3.8) is 0 Å². The molecule has 1 fully saturated rings. The molecule has 0 aliphatic carbocycles. The summed E-state index contributed by atoms with van der Waals surface area (Å²) in [5.41, 5.74) is 9.87. The van der Waals surface area contributed by atoms with Gasteiger partial charge in [-0.25, -0.2) is 0 Å². The number of nitrogens with two attached hydrogens (primary N) is 1. The lowest BCUT2D eigenvalue weighted by atomic mass is 10.0. The summed E-state index contributed by atoms with van der Waals surface area (Å²) in [6.45, 7) is 6.81. The standard InChI is InChI=1S/C19H24ClN3/c1-15-5-7-16(8-6-15)19(14-21)23-11-9-22(10-12-23)18-4-2-3-17(20)13-18/h2-8,13,19H,9-12,14,21H2,1H3/t19-/m1/s1. The van der Waals surface area contributed by atoms with Gasteiger partial charge in [0.15, 0.2) is 0 Å². The highest BCUT2D eigenvalue weighted by Gasteiger charge is 2.24. The van der Waals surface area contributed by atoms with Crippen LogP contribution in [-0.2, 0) is 0 Å². The van der Waals surface area contributed by atoms with Gasteiger partial charge in [0.1, 0.15) is 0 Å². The average molecular weight is 330 g/mol. The van der Waals surface area contributed by atoms with E-state index in [2.05, 4.69) is 47.1 Å². The quantitative estimate of drug-likeness (QED) is 0.932. The first kappa shape index (κ1) is 16.3. The third kappa shape index (κ3) is 3.86. The number of benzene rings is 2. The van der Waals surface area contributed by atoms with E-state index in [1.807, 2.05) is 18.2 Å². The molecular weight excluding hydrogens is 306 g/mol. The van der Waals surface area contributed by atoms with Gasteiger partial charge in [0.2, 0.25) is 0 Å². The van der Waals surface area contributed by atoms with E-state index in [0.29, 0.717) is 12.6 Å². The average Bonchev–Trinajstić information content (AvgIpc) is 2.58. The van der Waals surface area contributed by atoms with Crippen LogP contribution in [0.5, 0.6) is 0 Å². The SMILES string of the molecule is Cc1ccc([C@@H](CN)N2CCN(c3cccc(Cl)c3)CC2)cc1. The van der Waals surface area contributed by atoms with Gasteiger partial charge in [-0.2, -0.15) is 0 Å². The predicted molar refractivity (Wildman–Crippen MR) is 98.2 cm³/mol. The summed E-state index contributed by atoms with van der Waals surface area (Å²) in [6, 6.07) is 17.1. The fraction of sp³-hybridized carbons (Fsp3) is 0.368. The number of anilines is 1. The van der Waals surface area contributed by atoms with Gasteiger partial charge in [-0.1, -0.05) is 47.5 Å². The molecule has 1 atom stereocenters. The highest BCUT2D eigenvalue weighted by Crippen LogP contribution is 2.25. The van der Waals surface area contributed by atoms with Gasteiger partial charge >= 0.3 is 0 Å². The Morgan fingerprint density at radius 3 is 2.35 bits per heavy atom. The predicted octanol–water partition coefficient (Wildman–Crippen LogP) is 3.47. The summed E-state index contributed by atoms with van der Waals surface area (Å²) in [5.74, 6) is 0. The number of halogens is 1. The Morgan fingerprint density at radius 2 is 1.74 bits per heavy atom. The van der Waals surface area contributed by atoms with E-state index in [-0.39, 0.29) is 0 Å². The van der Waals surface area contributed by atoms with Crippen molar-refractivity contribution < 1.29 is 0 Å². The zero-order chi connectivity index (χ0) is 16.2. The van der Waals surface area contributed by atoms with Gasteiger partial charge in [0, 0.05) is 49.5 Å². The van der Waals surface area contributed by atoms with Gasteiger partial charge in [-0.15, -0.1) is 0 Å². The molecule has 1 aliphatic heterocycles. The number of rotatable bonds is 4. The van der Waals surface area contributed by atoms with Crippen LogP contribution in [0.25, 0.3) is 0 Å². The summed E-state index contributed by atoms with van der Waals surface area (Å²) in [7, 11) is 0. The molecule has 0 amide bonds. The van der Waals surface area contributed by atoms with Crippen LogP contribution in [0.4, 0.5) is 5.69 Å². The van der Waals surface area contributed by atoms with Gasteiger partial charge in [0.25, 0.3) is 0 Å². The Bertz CT molecular complexity index is 633. The Labute approximate surface area is 143 Å². The Kier molecular flexibility index (Phi) is 5.21. The summed E-state index contributed by atoms with van der Waals surface area (Å²) in [5, 5.41) is 0.796. The fourth-order valence-electron chi connectivity index (χ4n) is 3.25. The summed E-state index contributed by atoms with van der Waals surface area (Å²) in [6.07, 6.45) is 0. The number of hydrogen-bond acceptors (Lipinski definition) is 3. The van der Waals surface area contributed by atoms with E-state index in [9.17, 15) is 0 Å². The van der Waals surface area contributed by atoms with E-state index >= 15 is 0 Å². The first-order valence-corrected chi connectivity index (χ1v) is 8.56. The topological polar surface area (TPSA) is 32.5 Å². The van der Waals surface area contributed by atoms with Crippen LogP contribution in [0.15, 0.2) is 48.5 Å². The molecular formula is C19H24ClN3. The minimum absolute atomic E-state index is 0.303. The molecule has 2 aromatic carbocycles. The van der Waals surface area contributed by atoms with Crippen molar-refractivity contribution in [3.05, 3.63) is 64.7 Å². The van der Waals surface area contributed by atoms with Gasteiger partial charge < -0.3 is 10.6 Å². The van der Waals surface area contributed by atoms with Crippen LogP contribution >= 0.6 is 11.6 Å². The van der Waals surface area contributed by atoms with Crippen LogP contribution in [-0.4, -0.2) is 37.6 Å². The first-order chi connectivity index (χ1) is 11.2. The van der Waals surface area contributed by atoms with Crippen LogP contribution in [0, 0.1) is 6.92 Å². The maximum atomic E-state index is 6.10. The molecule has 122 valence electrons. The maximum absolute atomic E-state index is 6.10. The largest absolute Gasteiger partial charge is 0.369 e. The molecule has 1 heterocycles. The molecule has 4 heteroatoms. The number of hydrogen-bond donors (Lipinski definition) is 1. The van der Waals surface area contributed by atoms with E-state index in [4.69, 9.17) is 17.3 Å². The van der Waals surface area contributed by atoms with Crippen molar-refractivity contribution in [1.82, 2.24) is 4.90 Å². The maximum Gasteiger partial charge on any atom is 0.0471 e. The van der Waals surface area contributed by atoms with Crippen LogP contribution in [0.3, 0.4) is 0 Å². The molecule has 0 bridgehead atoms. The van der Waals surface area contributed by atoms with Crippen molar-refractivity contribution in [1.29, 1.82) is 0 Å². The molecule has 0 saturated carbocycles. The van der Waals surface area contributed by atoms with E-state index in [1.165, 1.54) is 16.8 Å². The molecule has 3 nitrogen and oxygen atoms in total. The van der Waals surface area contributed by atoms with Crippen molar-refractivity contribution >= 4 is 17.3 Å². The number of piperazine rings is 1. The lowest BCUT2D eigenvalue weighted by Gasteiger charge is -2.40.